The zero-order valence-corrected chi connectivity index (χ0v) is 12.6. The summed E-state index contributed by atoms with van der Waals surface area (Å²) in [6, 6.07) is 13.7. The van der Waals surface area contributed by atoms with Crippen LogP contribution in [0, 0.1) is 0 Å². The summed E-state index contributed by atoms with van der Waals surface area (Å²) in [5.41, 5.74) is 1.39. The fraction of sp³-hybridized carbons (Fsp3) is 0.333. The van der Waals surface area contributed by atoms with Gasteiger partial charge in [-0.1, -0.05) is 40.2 Å². The Labute approximate surface area is 121 Å². The van der Waals surface area contributed by atoms with Gasteiger partial charge >= 0.3 is 0 Å². The fourth-order valence-corrected chi connectivity index (χ4v) is 3.34. The zero-order chi connectivity index (χ0) is 12.4. The maximum absolute atomic E-state index is 3.65. The van der Waals surface area contributed by atoms with Crippen molar-refractivity contribution in [3.63, 3.8) is 0 Å². The quantitative estimate of drug-likeness (QED) is 0.773. The van der Waals surface area contributed by atoms with Crippen LogP contribution in [0.15, 0.2) is 46.3 Å². The molecule has 0 aliphatic heterocycles. The average molecular weight is 322 g/mol. The molecule has 1 nitrogen and oxygen atoms in total. The first-order chi connectivity index (χ1) is 8.83. The van der Waals surface area contributed by atoms with E-state index in [1.165, 1.54) is 27.8 Å². The Morgan fingerprint density at radius 1 is 1.11 bits per heavy atom. The number of hydrogen-bond acceptors (Lipinski definition) is 2. The van der Waals surface area contributed by atoms with Crippen molar-refractivity contribution in [3.8, 4) is 0 Å². The molecular formula is C15H16BrNS. The lowest BCUT2D eigenvalue weighted by molar-refractivity contribution is 0.247. The Morgan fingerprint density at radius 2 is 1.94 bits per heavy atom. The van der Waals surface area contributed by atoms with E-state index >= 15 is 0 Å². The summed E-state index contributed by atoms with van der Waals surface area (Å²) in [5, 5.41) is 2.17. The van der Waals surface area contributed by atoms with Gasteiger partial charge in [0.15, 0.2) is 0 Å². The van der Waals surface area contributed by atoms with Gasteiger partial charge < -0.3 is 0 Å². The van der Waals surface area contributed by atoms with Gasteiger partial charge in [-0.3, -0.25) is 4.90 Å². The highest BCUT2D eigenvalue weighted by molar-refractivity contribution is 9.10. The van der Waals surface area contributed by atoms with Crippen LogP contribution in [0.3, 0.4) is 0 Å². The minimum atomic E-state index is 0.791. The molecule has 1 fully saturated rings. The molecule has 1 aliphatic carbocycles. The van der Waals surface area contributed by atoms with Crippen molar-refractivity contribution in [2.45, 2.75) is 32.0 Å². The molecule has 0 spiro atoms. The molecule has 94 valence electrons. The standard InChI is InChI=1S/C15H16BrNS/c16-15-6-2-1-4-12(15)10-17(13-7-8-13)11-14-5-3-9-18-14/h1-6,9,13H,7-8,10-11H2. The number of nitrogens with zero attached hydrogens (tertiary/aromatic N) is 1. The van der Waals surface area contributed by atoms with Crippen LogP contribution in [-0.4, -0.2) is 10.9 Å². The van der Waals surface area contributed by atoms with Gasteiger partial charge in [-0.05, 0) is 35.9 Å². The van der Waals surface area contributed by atoms with Crippen LogP contribution in [0.5, 0.6) is 0 Å². The molecule has 1 aliphatic rings. The van der Waals surface area contributed by atoms with Crippen molar-refractivity contribution < 1.29 is 0 Å². The van der Waals surface area contributed by atoms with E-state index in [1.54, 1.807) is 0 Å². The lowest BCUT2D eigenvalue weighted by atomic mass is 10.2. The SMILES string of the molecule is Brc1ccccc1CN(Cc1cccs1)C1CC1. The van der Waals surface area contributed by atoms with E-state index in [2.05, 4.69) is 62.6 Å². The van der Waals surface area contributed by atoms with E-state index in [9.17, 15) is 0 Å². The molecule has 2 aromatic rings. The van der Waals surface area contributed by atoms with Gasteiger partial charge in [0.1, 0.15) is 0 Å². The highest BCUT2D eigenvalue weighted by Gasteiger charge is 2.29. The van der Waals surface area contributed by atoms with Crippen LogP contribution in [-0.2, 0) is 13.1 Å². The third kappa shape index (κ3) is 3.02. The molecule has 0 unspecified atom stereocenters. The van der Waals surface area contributed by atoms with E-state index in [0.29, 0.717) is 0 Å². The molecule has 0 atom stereocenters. The Kier molecular flexibility index (Phi) is 3.83. The first-order valence-corrected chi connectivity index (χ1v) is 8.00. The van der Waals surface area contributed by atoms with Gasteiger partial charge in [0, 0.05) is 28.5 Å². The van der Waals surface area contributed by atoms with Crippen LogP contribution >= 0.6 is 27.3 Å². The van der Waals surface area contributed by atoms with Crippen molar-refractivity contribution in [3.05, 3.63) is 56.7 Å². The van der Waals surface area contributed by atoms with Crippen LogP contribution in [0.2, 0.25) is 0 Å². The molecular weight excluding hydrogens is 306 g/mol. The Bertz CT molecular complexity index is 505. The topological polar surface area (TPSA) is 3.24 Å². The summed E-state index contributed by atoms with van der Waals surface area (Å²) in [7, 11) is 0. The summed E-state index contributed by atoms with van der Waals surface area (Å²) in [6.45, 7) is 2.13. The predicted molar refractivity (Wildman–Crippen MR) is 80.7 cm³/mol. The van der Waals surface area contributed by atoms with Gasteiger partial charge in [-0.25, -0.2) is 0 Å². The molecule has 1 heterocycles. The van der Waals surface area contributed by atoms with Crippen LogP contribution < -0.4 is 0 Å². The molecule has 0 bridgehead atoms. The second kappa shape index (κ2) is 5.55. The molecule has 1 saturated carbocycles. The number of benzene rings is 1. The second-order valence-corrected chi connectivity index (χ2v) is 6.69. The van der Waals surface area contributed by atoms with E-state index in [0.717, 1.165) is 19.1 Å². The number of halogens is 1. The summed E-state index contributed by atoms with van der Waals surface area (Å²) >= 11 is 5.51. The van der Waals surface area contributed by atoms with Crippen molar-refractivity contribution in [2.24, 2.45) is 0 Å². The molecule has 18 heavy (non-hydrogen) atoms. The molecule has 0 saturated heterocycles. The Balaban J connectivity index is 1.73. The Hall–Kier alpha value is -0.640. The lowest BCUT2D eigenvalue weighted by Gasteiger charge is -2.22. The van der Waals surface area contributed by atoms with Crippen molar-refractivity contribution in [2.75, 3.05) is 0 Å². The van der Waals surface area contributed by atoms with Crippen LogP contribution in [0.25, 0.3) is 0 Å². The molecule has 3 rings (SSSR count). The zero-order valence-electron chi connectivity index (χ0n) is 10.2. The summed E-state index contributed by atoms with van der Waals surface area (Å²) in [6.07, 6.45) is 2.71. The predicted octanol–water partition coefficient (Wildman–Crippen LogP) is 4.68. The van der Waals surface area contributed by atoms with E-state index in [4.69, 9.17) is 0 Å². The van der Waals surface area contributed by atoms with Gasteiger partial charge in [0.25, 0.3) is 0 Å². The van der Waals surface area contributed by atoms with Crippen LogP contribution in [0.4, 0.5) is 0 Å². The van der Waals surface area contributed by atoms with Gasteiger partial charge in [0.05, 0.1) is 0 Å². The van der Waals surface area contributed by atoms with Crippen molar-refractivity contribution in [1.82, 2.24) is 4.90 Å². The summed E-state index contributed by atoms with van der Waals surface area (Å²) < 4.78 is 1.22. The van der Waals surface area contributed by atoms with Gasteiger partial charge in [-0.15, -0.1) is 11.3 Å². The second-order valence-electron chi connectivity index (χ2n) is 4.81. The lowest BCUT2D eigenvalue weighted by Crippen LogP contribution is -2.24. The van der Waals surface area contributed by atoms with Crippen molar-refractivity contribution >= 4 is 27.3 Å². The smallest absolute Gasteiger partial charge is 0.0334 e. The van der Waals surface area contributed by atoms with Crippen molar-refractivity contribution in [1.29, 1.82) is 0 Å². The van der Waals surface area contributed by atoms with Crippen LogP contribution in [0.1, 0.15) is 23.3 Å². The fourth-order valence-electron chi connectivity index (χ4n) is 2.20. The highest BCUT2D eigenvalue weighted by Crippen LogP contribution is 2.31. The number of hydrogen-bond donors (Lipinski definition) is 0. The van der Waals surface area contributed by atoms with E-state index < -0.39 is 0 Å². The molecule has 3 heteroatoms. The number of rotatable bonds is 5. The summed E-state index contributed by atoms with van der Waals surface area (Å²) in [4.78, 5) is 4.07. The normalized spacial score (nSPS) is 15.2. The molecule has 1 aromatic heterocycles. The maximum Gasteiger partial charge on any atom is 0.0334 e. The first kappa shape index (κ1) is 12.4. The maximum atomic E-state index is 3.65. The summed E-state index contributed by atoms with van der Waals surface area (Å²) in [5.74, 6) is 0. The minimum Gasteiger partial charge on any atom is -0.291 e. The molecule has 0 radical (unpaired) electrons. The van der Waals surface area contributed by atoms with E-state index in [-0.39, 0.29) is 0 Å². The molecule has 0 N–H and O–H groups in total. The van der Waals surface area contributed by atoms with E-state index in [1.807, 2.05) is 11.3 Å². The largest absolute Gasteiger partial charge is 0.291 e. The molecule has 0 amide bonds. The highest BCUT2D eigenvalue weighted by atomic mass is 79.9. The third-order valence-electron chi connectivity index (χ3n) is 3.33. The number of thiophene rings is 1. The van der Waals surface area contributed by atoms with Gasteiger partial charge in [0.2, 0.25) is 0 Å². The monoisotopic (exact) mass is 321 g/mol. The Morgan fingerprint density at radius 3 is 2.61 bits per heavy atom. The molecule has 1 aromatic carbocycles. The minimum absolute atomic E-state index is 0.791. The average Bonchev–Trinajstić information content (AvgIpc) is 3.10. The van der Waals surface area contributed by atoms with Gasteiger partial charge in [-0.2, -0.15) is 0 Å². The third-order valence-corrected chi connectivity index (χ3v) is 4.97. The first-order valence-electron chi connectivity index (χ1n) is 6.33.